The number of carbonyl (C=O) groups excluding carboxylic acids is 1. The van der Waals surface area contributed by atoms with E-state index in [-0.39, 0.29) is 12.0 Å². The van der Waals surface area contributed by atoms with Crippen LogP contribution in [0, 0.1) is 0 Å². The fraction of sp³-hybridized carbons (Fsp3) is 0.588. The summed E-state index contributed by atoms with van der Waals surface area (Å²) in [6.07, 6.45) is 6.96. The predicted molar refractivity (Wildman–Crippen MR) is 88.3 cm³/mol. The van der Waals surface area contributed by atoms with Crippen molar-refractivity contribution in [2.45, 2.75) is 50.7 Å². The van der Waals surface area contributed by atoms with E-state index in [1.165, 1.54) is 12.8 Å². The van der Waals surface area contributed by atoms with Gasteiger partial charge in [0.05, 0.1) is 10.6 Å². The topological polar surface area (TPSA) is 47.6 Å². The van der Waals surface area contributed by atoms with Crippen LogP contribution in [0.5, 0.6) is 5.75 Å². The molecular formula is C17H22BrNO3. The smallest absolute Gasteiger partial charge is 0.251 e. The van der Waals surface area contributed by atoms with Gasteiger partial charge in [0, 0.05) is 18.2 Å². The minimum Gasteiger partial charge on any atom is -0.490 e. The molecule has 0 bridgehead atoms. The van der Waals surface area contributed by atoms with Gasteiger partial charge in [-0.25, -0.2) is 0 Å². The molecule has 2 fully saturated rings. The summed E-state index contributed by atoms with van der Waals surface area (Å²) in [5.41, 5.74) is 0.670. The van der Waals surface area contributed by atoms with Gasteiger partial charge >= 0.3 is 0 Å². The molecule has 1 atom stereocenters. The second-order valence-corrected chi connectivity index (χ2v) is 6.90. The first-order valence-corrected chi connectivity index (χ1v) is 8.86. The van der Waals surface area contributed by atoms with Crippen LogP contribution in [0.25, 0.3) is 0 Å². The van der Waals surface area contributed by atoms with Crippen LogP contribution in [-0.4, -0.2) is 31.3 Å². The molecular weight excluding hydrogens is 346 g/mol. The summed E-state index contributed by atoms with van der Waals surface area (Å²) >= 11 is 3.49. The molecule has 3 rings (SSSR count). The molecule has 1 heterocycles. The first kappa shape index (κ1) is 15.8. The van der Waals surface area contributed by atoms with Crippen molar-refractivity contribution >= 4 is 21.8 Å². The first-order valence-electron chi connectivity index (χ1n) is 8.07. The van der Waals surface area contributed by atoms with Crippen LogP contribution in [0.3, 0.4) is 0 Å². The molecule has 5 heteroatoms. The Balaban J connectivity index is 1.57. The summed E-state index contributed by atoms with van der Waals surface area (Å²) in [5, 5.41) is 3.10. The van der Waals surface area contributed by atoms with E-state index in [4.69, 9.17) is 9.47 Å². The fourth-order valence-corrected chi connectivity index (χ4v) is 3.55. The van der Waals surface area contributed by atoms with Crippen molar-refractivity contribution in [3.63, 3.8) is 0 Å². The van der Waals surface area contributed by atoms with Crippen molar-refractivity contribution in [1.82, 2.24) is 5.32 Å². The number of benzene rings is 1. The maximum atomic E-state index is 12.2. The third-order valence-corrected chi connectivity index (χ3v) is 4.95. The third-order valence-electron chi connectivity index (χ3n) is 4.33. The number of nitrogens with one attached hydrogen (secondary N) is 1. The number of halogens is 1. The van der Waals surface area contributed by atoms with Crippen molar-refractivity contribution in [2.75, 3.05) is 13.2 Å². The van der Waals surface area contributed by atoms with Gasteiger partial charge in [0.25, 0.3) is 5.91 Å². The van der Waals surface area contributed by atoms with E-state index in [1.54, 1.807) is 0 Å². The summed E-state index contributed by atoms with van der Waals surface area (Å²) in [4.78, 5) is 12.2. The number of hydrogen-bond donors (Lipinski definition) is 1. The van der Waals surface area contributed by atoms with Crippen LogP contribution >= 0.6 is 15.9 Å². The summed E-state index contributed by atoms with van der Waals surface area (Å²) in [7, 11) is 0. The molecule has 1 aromatic carbocycles. The quantitative estimate of drug-likeness (QED) is 0.863. The molecule has 22 heavy (non-hydrogen) atoms. The van der Waals surface area contributed by atoms with Gasteiger partial charge in [-0.05, 0) is 59.8 Å². The van der Waals surface area contributed by atoms with Crippen molar-refractivity contribution in [3.8, 4) is 5.75 Å². The molecule has 2 aliphatic rings. The van der Waals surface area contributed by atoms with Gasteiger partial charge in [0.15, 0.2) is 0 Å². The SMILES string of the molecule is O=C(NC1CCCC1)c1ccc(OCC2CCCO2)c(Br)c1. The Morgan fingerprint density at radius 3 is 2.77 bits per heavy atom. The maximum Gasteiger partial charge on any atom is 0.251 e. The fourth-order valence-electron chi connectivity index (χ4n) is 3.06. The zero-order valence-electron chi connectivity index (χ0n) is 12.6. The van der Waals surface area contributed by atoms with E-state index in [0.717, 1.165) is 42.5 Å². The molecule has 1 aliphatic heterocycles. The predicted octanol–water partition coefficient (Wildman–Crippen LogP) is 3.68. The van der Waals surface area contributed by atoms with Crippen molar-refractivity contribution in [3.05, 3.63) is 28.2 Å². The second-order valence-electron chi connectivity index (χ2n) is 6.05. The Hall–Kier alpha value is -1.07. The van der Waals surface area contributed by atoms with E-state index in [9.17, 15) is 4.79 Å². The van der Waals surface area contributed by atoms with Gasteiger partial charge in [-0.15, -0.1) is 0 Å². The van der Waals surface area contributed by atoms with Gasteiger partial charge in [0.1, 0.15) is 12.4 Å². The van der Waals surface area contributed by atoms with Gasteiger partial charge in [-0.3, -0.25) is 4.79 Å². The average molecular weight is 368 g/mol. The Kier molecular flexibility index (Phi) is 5.37. The van der Waals surface area contributed by atoms with E-state index < -0.39 is 0 Å². The molecule has 1 aromatic rings. The minimum absolute atomic E-state index is 0.00160. The molecule has 1 saturated carbocycles. The van der Waals surface area contributed by atoms with E-state index in [1.807, 2.05) is 18.2 Å². The highest BCUT2D eigenvalue weighted by molar-refractivity contribution is 9.10. The molecule has 120 valence electrons. The van der Waals surface area contributed by atoms with E-state index in [0.29, 0.717) is 18.2 Å². The van der Waals surface area contributed by atoms with Crippen LogP contribution in [-0.2, 0) is 4.74 Å². The normalized spacial score (nSPS) is 22.0. The number of rotatable bonds is 5. The monoisotopic (exact) mass is 367 g/mol. The summed E-state index contributed by atoms with van der Waals surface area (Å²) in [5.74, 6) is 0.756. The van der Waals surface area contributed by atoms with E-state index >= 15 is 0 Å². The lowest BCUT2D eigenvalue weighted by molar-refractivity contribution is 0.0676. The van der Waals surface area contributed by atoms with Crippen molar-refractivity contribution in [1.29, 1.82) is 0 Å². The molecule has 4 nitrogen and oxygen atoms in total. The Bertz CT molecular complexity index is 523. The lowest BCUT2D eigenvalue weighted by atomic mass is 10.1. The maximum absolute atomic E-state index is 12.2. The lowest BCUT2D eigenvalue weighted by Crippen LogP contribution is -2.32. The number of amides is 1. The molecule has 1 unspecified atom stereocenters. The molecule has 1 aliphatic carbocycles. The highest BCUT2D eigenvalue weighted by Crippen LogP contribution is 2.27. The molecule has 1 amide bonds. The Labute approximate surface area is 139 Å². The van der Waals surface area contributed by atoms with Gasteiger partial charge < -0.3 is 14.8 Å². The lowest BCUT2D eigenvalue weighted by Gasteiger charge is -2.15. The minimum atomic E-state index is -0.00160. The average Bonchev–Trinajstić information content (AvgIpc) is 3.19. The molecule has 0 spiro atoms. The highest BCUT2D eigenvalue weighted by Gasteiger charge is 2.19. The molecule has 1 N–H and O–H groups in total. The zero-order valence-corrected chi connectivity index (χ0v) is 14.2. The second kappa shape index (κ2) is 7.47. The molecule has 1 saturated heterocycles. The van der Waals surface area contributed by atoms with E-state index in [2.05, 4.69) is 21.2 Å². The van der Waals surface area contributed by atoms with Crippen LogP contribution in [0.4, 0.5) is 0 Å². The largest absolute Gasteiger partial charge is 0.490 e. The standard InChI is InChI=1S/C17H22BrNO3/c18-15-10-12(17(20)19-13-4-1-2-5-13)7-8-16(15)22-11-14-6-3-9-21-14/h7-8,10,13-14H,1-6,9,11H2,(H,19,20). The number of carbonyl (C=O) groups is 1. The van der Waals surface area contributed by atoms with Crippen molar-refractivity contribution in [2.24, 2.45) is 0 Å². The van der Waals surface area contributed by atoms with Crippen molar-refractivity contribution < 1.29 is 14.3 Å². The van der Waals surface area contributed by atoms with Crippen LogP contribution in [0.1, 0.15) is 48.9 Å². The number of ether oxygens (including phenoxy) is 2. The van der Waals surface area contributed by atoms with Gasteiger partial charge in [0.2, 0.25) is 0 Å². The van der Waals surface area contributed by atoms with Gasteiger partial charge in [-0.2, -0.15) is 0 Å². The van der Waals surface area contributed by atoms with Crippen LogP contribution in [0.2, 0.25) is 0 Å². The summed E-state index contributed by atoms with van der Waals surface area (Å²) in [6.45, 7) is 1.39. The summed E-state index contributed by atoms with van der Waals surface area (Å²) < 4.78 is 12.1. The van der Waals surface area contributed by atoms with Crippen LogP contribution < -0.4 is 10.1 Å². The van der Waals surface area contributed by atoms with Crippen LogP contribution in [0.15, 0.2) is 22.7 Å². The third kappa shape index (κ3) is 4.02. The molecule has 0 radical (unpaired) electrons. The summed E-state index contributed by atoms with van der Waals surface area (Å²) in [6, 6.07) is 5.83. The highest BCUT2D eigenvalue weighted by atomic mass is 79.9. The van der Waals surface area contributed by atoms with Gasteiger partial charge in [-0.1, -0.05) is 12.8 Å². The Morgan fingerprint density at radius 1 is 1.27 bits per heavy atom. The zero-order chi connectivity index (χ0) is 15.4. The first-order chi connectivity index (χ1) is 10.7. The Morgan fingerprint density at radius 2 is 2.09 bits per heavy atom. The molecule has 0 aromatic heterocycles. The number of hydrogen-bond acceptors (Lipinski definition) is 3.